The zero-order valence-electron chi connectivity index (χ0n) is 9.28. The Morgan fingerprint density at radius 3 is 2.88 bits per heavy atom. The third-order valence-electron chi connectivity index (χ3n) is 2.46. The van der Waals surface area contributed by atoms with Gasteiger partial charge >= 0.3 is 5.97 Å². The van der Waals surface area contributed by atoms with Gasteiger partial charge in [-0.05, 0) is 18.6 Å². The maximum absolute atomic E-state index is 11.6. The molecule has 1 N–H and O–H groups in total. The molecule has 0 aromatic heterocycles. The maximum atomic E-state index is 11.6. The van der Waals surface area contributed by atoms with E-state index in [0.29, 0.717) is 12.1 Å². The summed E-state index contributed by atoms with van der Waals surface area (Å²) >= 11 is 0. The molecule has 0 aliphatic carbocycles. The zero-order valence-corrected chi connectivity index (χ0v) is 9.28. The first-order valence-electron chi connectivity index (χ1n) is 5.26. The van der Waals surface area contributed by atoms with Crippen LogP contribution in [-0.4, -0.2) is 24.3 Å². The SMILES string of the molecule is CCOC(=O)C(=O)c1ccc2c(c1)NC(=O)C2. The number of ether oxygens (including phenoxy) is 1. The van der Waals surface area contributed by atoms with E-state index in [1.165, 1.54) is 12.1 Å². The molecular weight excluding hydrogens is 222 g/mol. The molecule has 1 aliphatic rings. The number of carbonyl (C=O) groups is 3. The number of amides is 1. The lowest BCUT2D eigenvalue weighted by Crippen LogP contribution is -2.17. The largest absolute Gasteiger partial charge is 0.460 e. The number of Topliss-reactive ketones (excluding diaryl/α,β-unsaturated/α-hetero) is 1. The number of hydrogen-bond acceptors (Lipinski definition) is 4. The predicted molar refractivity (Wildman–Crippen MR) is 59.7 cm³/mol. The number of hydrogen-bond donors (Lipinski definition) is 1. The van der Waals surface area contributed by atoms with Crippen LogP contribution < -0.4 is 5.32 Å². The summed E-state index contributed by atoms with van der Waals surface area (Å²) in [5.74, 6) is -1.69. The number of nitrogens with one attached hydrogen (secondary N) is 1. The molecule has 0 saturated carbocycles. The summed E-state index contributed by atoms with van der Waals surface area (Å²) in [6.45, 7) is 1.79. The molecule has 0 unspecified atom stereocenters. The molecular formula is C12H11NO4. The molecule has 0 radical (unpaired) electrons. The van der Waals surface area contributed by atoms with Gasteiger partial charge in [-0.2, -0.15) is 0 Å². The second kappa shape index (κ2) is 4.37. The number of rotatable bonds is 3. The van der Waals surface area contributed by atoms with Crippen LogP contribution in [0.3, 0.4) is 0 Å². The van der Waals surface area contributed by atoms with Gasteiger partial charge in [0.25, 0.3) is 5.78 Å². The van der Waals surface area contributed by atoms with Gasteiger partial charge in [-0.15, -0.1) is 0 Å². The van der Waals surface area contributed by atoms with E-state index in [9.17, 15) is 14.4 Å². The van der Waals surface area contributed by atoms with Crippen molar-refractivity contribution >= 4 is 23.3 Å². The molecule has 1 aromatic carbocycles. The molecule has 1 amide bonds. The molecule has 1 aliphatic heterocycles. The van der Waals surface area contributed by atoms with Crippen molar-refractivity contribution in [3.8, 4) is 0 Å². The van der Waals surface area contributed by atoms with Crippen LogP contribution in [-0.2, 0) is 20.7 Å². The van der Waals surface area contributed by atoms with Gasteiger partial charge in [-0.3, -0.25) is 9.59 Å². The lowest BCUT2D eigenvalue weighted by Gasteiger charge is -2.03. The highest BCUT2D eigenvalue weighted by atomic mass is 16.5. The number of carbonyl (C=O) groups excluding carboxylic acids is 3. The summed E-state index contributed by atoms with van der Waals surface area (Å²) in [5.41, 5.74) is 1.64. The second-order valence-corrected chi connectivity index (χ2v) is 3.65. The average molecular weight is 233 g/mol. The van der Waals surface area contributed by atoms with Crippen molar-refractivity contribution in [1.82, 2.24) is 0 Å². The van der Waals surface area contributed by atoms with E-state index < -0.39 is 11.8 Å². The molecule has 0 saturated heterocycles. The first-order chi connectivity index (χ1) is 8.11. The normalized spacial score (nSPS) is 12.9. The van der Waals surface area contributed by atoms with Crippen molar-refractivity contribution in [3.05, 3.63) is 29.3 Å². The predicted octanol–water partition coefficient (Wildman–Crippen LogP) is 0.927. The Morgan fingerprint density at radius 1 is 1.41 bits per heavy atom. The minimum absolute atomic E-state index is 0.110. The number of fused-ring (bicyclic) bond motifs is 1. The highest BCUT2D eigenvalue weighted by molar-refractivity contribution is 6.40. The van der Waals surface area contributed by atoms with Crippen molar-refractivity contribution < 1.29 is 19.1 Å². The summed E-state index contributed by atoms with van der Waals surface area (Å²) < 4.78 is 4.62. The first kappa shape index (κ1) is 11.3. The summed E-state index contributed by atoms with van der Waals surface area (Å²) in [6, 6.07) is 4.69. The summed E-state index contributed by atoms with van der Waals surface area (Å²) in [4.78, 5) is 34.0. The van der Waals surface area contributed by atoms with Crippen molar-refractivity contribution in [1.29, 1.82) is 0 Å². The van der Waals surface area contributed by atoms with Crippen LogP contribution in [0.15, 0.2) is 18.2 Å². The molecule has 0 atom stereocenters. The highest BCUT2D eigenvalue weighted by Gasteiger charge is 2.22. The lowest BCUT2D eigenvalue weighted by atomic mass is 10.1. The molecule has 5 heteroatoms. The van der Waals surface area contributed by atoms with Crippen LogP contribution in [0, 0.1) is 0 Å². The van der Waals surface area contributed by atoms with Gasteiger partial charge in [0.1, 0.15) is 0 Å². The fourth-order valence-corrected chi connectivity index (χ4v) is 1.67. The molecule has 5 nitrogen and oxygen atoms in total. The van der Waals surface area contributed by atoms with Crippen LogP contribution in [0.4, 0.5) is 5.69 Å². The Hall–Kier alpha value is -2.17. The quantitative estimate of drug-likeness (QED) is 0.479. The van der Waals surface area contributed by atoms with Gasteiger partial charge in [0, 0.05) is 11.3 Å². The van der Waals surface area contributed by atoms with Gasteiger partial charge in [0.05, 0.1) is 13.0 Å². The van der Waals surface area contributed by atoms with E-state index in [-0.39, 0.29) is 18.1 Å². The molecule has 2 rings (SSSR count). The fraction of sp³-hybridized carbons (Fsp3) is 0.250. The van der Waals surface area contributed by atoms with E-state index in [1.54, 1.807) is 13.0 Å². The molecule has 0 spiro atoms. The zero-order chi connectivity index (χ0) is 12.4. The molecule has 0 fully saturated rings. The van der Waals surface area contributed by atoms with Crippen LogP contribution >= 0.6 is 0 Å². The minimum atomic E-state index is -0.878. The number of anilines is 1. The highest BCUT2D eigenvalue weighted by Crippen LogP contribution is 2.24. The average Bonchev–Trinajstić information content (AvgIpc) is 2.67. The minimum Gasteiger partial charge on any atom is -0.460 e. The molecule has 0 bridgehead atoms. The Kier molecular flexibility index (Phi) is 2.91. The molecule has 1 aromatic rings. The number of ketones is 1. The molecule has 88 valence electrons. The first-order valence-corrected chi connectivity index (χ1v) is 5.26. The van der Waals surface area contributed by atoms with E-state index in [1.807, 2.05) is 0 Å². The van der Waals surface area contributed by atoms with Crippen LogP contribution in [0.25, 0.3) is 0 Å². The van der Waals surface area contributed by atoms with Gasteiger partial charge in [0.15, 0.2) is 0 Å². The Balaban J connectivity index is 2.24. The van der Waals surface area contributed by atoms with Gasteiger partial charge in [-0.25, -0.2) is 4.79 Å². The summed E-state index contributed by atoms with van der Waals surface area (Å²) in [5, 5.41) is 2.62. The second-order valence-electron chi connectivity index (χ2n) is 3.65. The van der Waals surface area contributed by atoms with Gasteiger partial charge in [0.2, 0.25) is 5.91 Å². The summed E-state index contributed by atoms with van der Waals surface area (Å²) in [7, 11) is 0. The third-order valence-corrected chi connectivity index (χ3v) is 2.46. The monoisotopic (exact) mass is 233 g/mol. The smallest absolute Gasteiger partial charge is 0.379 e. The fourth-order valence-electron chi connectivity index (χ4n) is 1.67. The van der Waals surface area contributed by atoms with Crippen LogP contribution in [0.2, 0.25) is 0 Å². The van der Waals surface area contributed by atoms with E-state index in [0.717, 1.165) is 5.56 Å². The number of esters is 1. The standard InChI is InChI=1S/C12H11NO4/c1-2-17-12(16)11(15)8-4-3-7-6-10(14)13-9(7)5-8/h3-5H,2,6H2,1H3,(H,13,14). The van der Waals surface area contributed by atoms with Gasteiger partial charge < -0.3 is 10.1 Å². The van der Waals surface area contributed by atoms with Crippen LogP contribution in [0.5, 0.6) is 0 Å². The maximum Gasteiger partial charge on any atom is 0.379 e. The van der Waals surface area contributed by atoms with Crippen molar-refractivity contribution in [2.24, 2.45) is 0 Å². The molecule has 17 heavy (non-hydrogen) atoms. The van der Waals surface area contributed by atoms with Crippen molar-refractivity contribution in [3.63, 3.8) is 0 Å². The topological polar surface area (TPSA) is 72.5 Å². The van der Waals surface area contributed by atoms with Crippen molar-refractivity contribution in [2.75, 3.05) is 11.9 Å². The third kappa shape index (κ3) is 2.18. The van der Waals surface area contributed by atoms with Gasteiger partial charge in [-0.1, -0.05) is 12.1 Å². The number of benzene rings is 1. The van der Waals surface area contributed by atoms with Crippen LogP contribution in [0.1, 0.15) is 22.8 Å². The van der Waals surface area contributed by atoms with E-state index in [2.05, 4.69) is 10.1 Å². The Bertz CT molecular complexity index is 507. The lowest BCUT2D eigenvalue weighted by molar-refractivity contribution is -0.137. The van der Waals surface area contributed by atoms with E-state index in [4.69, 9.17) is 0 Å². The van der Waals surface area contributed by atoms with Crippen molar-refractivity contribution in [2.45, 2.75) is 13.3 Å². The molecule has 1 heterocycles. The Morgan fingerprint density at radius 2 is 2.18 bits per heavy atom. The summed E-state index contributed by atoms with van der Waals surface area (Å²) in [6.07, 6.45) is 0.309. The Labute approximate surface area is 97.8 Å². The van der Waals surface area contributed by atoms with E-state index >= 15 is 0 Å².